The Bertz CT molecular complexity index is 1210. The van der Waals surface area contributed by atoms with Crippen LogP contribution >= 0.6 is 0 Å². The van der Waals surface area contributed by atoms with E-state index in [0.29, 0.717) is 19.1 Å². The zero-order valence-corrected chi connectivity index (χ0v) is 24.2. The van der Waals surface area contributed by atoms with Gasteiger partial charge in [0.25, 0.3) is 0 Å². The van der Waals surface area contributed by atoms with Crippen LogP contribution < -0.4 is 0 Å². The number of benzene rings is 4. The second kappa shape index (κ2) is 14.1. The van der Waals surface area contributed by atoms with Crippen LogP contribution in [0.15, 0.2) is 121 Å². The second-order valence-corrected chi connectivity index (χ2v) is 11.2. The molecule has 0 saturated carbocycles. The fraction of sp³-hybridized carbons (Fsp3) is 0.351. The van der Waals surface area contributed by atoms with Gasteiger partial charge in [-0.25, -0.2) is 0 Å². The average Bonchev–Trinajstić information content (AvgIpc) is 3.04. The Morgan fingerprint density at radius 2 is 0.976 bits per heavy atom. The molecule has 0 aliphatic carbocycles. The topological polar surface area (TPSA) is 41.9 Å². The van der Waals surface area contributed by atoms with E-state index in [1.807, 2.05) is 60.7 Å². The molecule has 1 aliphatic heterocycles. The van der Waals surface area contributed by atoms with Crippen LogP contribution in [-0.4, -0.2) is 43.4 Å². The van der Waals surface area contributed by atoms with Crippen molar-refractivity contribution in [2.45, 2.75) is 43.5 Å². The fourth-order valence-corrected chi connectivity index (χ4v) is 6.20. The van der Waals surface area contributed by atoms with E-state index in [2.05, 4.69) is 72.6 Å². The van der Waals surface area contributed by atoms with E-state index in [0.717, 1.165) is 56.3 Å². The molecule has 0 atom stereocenters. The Labute approximate surface area is 245 Å². The van der Waals surface area contributed by atoms with Crippen molar-refractivity contribution in [3.63, 3.8) is 0 Å². The number of likely N-dealkylation sites (tertiary alicyclic amines) is 1. The van der Waals surface area contributed by atoms with E-state index in [1.54, 1.807) is 0 Å². The highest BCUT2D eigenvalue weighted by molar-refractivity contribution is 5.38. The highest BCUT2D eigenvalue weighted by Crippen LogP contribution is 2.45. The summed E-state index contributed by atoms with van der Waals surface area (Å²) in [6.07, 6.45) is 4.92. The van der Waals surface area contributed by atoms with Crippen LogP contribution in [0.2, 0.25) is 0 Å². The highest BCUT2D eigenvalue weighted by atomic mass is 16.6. The molecule has 0 amide bonds. The predicted octanol–water partition coefficient (Wildman–Crippen LogP) is 7.37. The quantitative estimate of drug-likeness (QED) is 0.140. The zero-order chi connectivity index (χ0) is 28.4. The molecule has 4 nitrogen and oxygen atoms in total. The number of ether oxygens (including phenoxy) is 2. The van der Waals surface area contributed by atoms with Crippen molar-refractivity contribution in [2.75, 3.05) is 33.4 Å². The third kappa shape index (κ3) is 6.79. The van der Waals surface area contributed by atoms with E-state index in [4.69, 9.17) is 9.47 Å². The Morgan fingerprint density at radius 1 is 0.585 bits per heavy atom. The van der Waals surface area contributed by atoms with Gasteiger partial charge in [-0.05, 0) is 69.3 Å². The molecule has 214 valence electrons. The van der Waals surface area contributed by atoms with Gasteiger partial charge in [0.15, 0.2) is 0 Å². The minimum Gasteiger partial charge on any atom is -0.365 e. The minimum absolute atomic E-state index is 0.401. The van der Waals surface area contributed by atoms with Gasteiger partial charge >= 0.3 is 0 Å². The molecule has 1 fully saturated rings. The zero-order valence-electron chi connectivity index (χ0n) is 24.2. The monoisotopic (exact) mass is 549 g/mol. The molecular weight excluding hydrogens is 506 g/mol. The van der Waals surface area contributed by atoms with Gasteiger partial charge in [0.1, 0.15) is 5.60 Å². The first-order valence-corrected chi connectivity index (χ1v) is 15.0. The summed E-state index contributed by atoms with van der Waals surface area (Å²) in [5, 5.41) is 11.6. The van der Waals surface area contributed by atoms with Crippen LogP contribution in [0.25, 0.3) is 0 Å². The van der Waals surface area contributed by atoms with Crippen LogP contribution in [0.3, 0.4) is 0 Å². The molecule has 1 aliphatic rings. The number of nitrogens with zero attached hydrogens (tertiary/aromatic N) is 1. The van der Waals surface area contributed by atoms with Crippen LogP contribution in [0.4, 0.5) is 0 Å². The lowest BCUT2D eigenvalue weighted by atomic mass is 9.71. The van der Waals surface area contributed by atoms with E-state index < -0.39 is 11.4 Å². The summed E-state index contributed by atoms with van der Waals surface area (Å²) >= 11 is 0. The normalized spacial score (nSPS) is 15.2. The molecule has 0 bridgehead atoms. The van der Waals surface area contributed by atoms with Crippen molar-refractivity contribution in [1.82, 2.24) is 4.90 Å². The highest BCUT2D eigenvalue weighted by Gasteiger charge is 2.44. The summed E-state index contributed by atoms with van der Waals surface area (Å²) in [4.78, 5) is 2.42. The predicted molar refractivity (Wildman–Crippen MR) is 166 cm³/mol. The Hall–Kier alpha value is -3.28. The van der Waals surface area contributed by atoms with Gasteiger partial charge in [-0.15, -0.1) is 0 Å². The second-order valence-electron chi connectivity index (χ2n) is 11.2. The standard InChI is InChI=1S/C37H43NO3/c1-38-27-25-33(26-28-38)36(31-17-7-2-8-18-31,32-19-9-3-10-20-32)40-29-15-6-16-30-41-37(39,34-21-11-4-12-22-34)35-23-13-5-14-24-35/h2-5,7-14,17-24,33,39H,6,15-16,25-30H2,1H3. The van der Waals surface area contributed by atoms with Gasteiger partial charge in [-0.1, -0.05) is 121 Å². The molecule has 1 N–H and O–H groups in total. The van der Waals surface area contributed by atoms with Crippen LogP contribution in [0.5, 0.6) is 0 Å². The number of aliphatic hydroxyl groups is 1. The first-order chi connectivity index (χ1) is 20.1. The molecule has 0 spiro atoms. The summed E-state index contributed by atoms with van der Waals surface area (Å²) in [6, 6.07) is 40.9. The number of hydrogen-bond acceptors (Lipinski definition) is 4. The van der Waals surface area contributed by atoms with Crippen molar-refractivity contribution in [2.24, 2.45) is 5.92 Å². The van der Waals surface area contributed by atoms with Gasteiger partial charge in [0.05, 0.1) is 6.61 Å². The molecule has 4 heteroatoms. The lowest BCUT2D eigenvalue weighted by Gasteiger charge is -2.45. The van der Waals surface area contributed by atoms with E-state index >= 15 is 0 Å². The third-order valence-electron chi connectivity index (χ3n) is 8.46. The maximum absolute atomic E-state index is 11.6. The maximum atomic E-state index is 11.6. The van der Waals surface area contributed by atoms with Crippen molar-refractivity contribution in [3.05, 3.63) is 144 Å². The van der Waals surface area contributed by atoms with E-state index in [-0.39, 0.29) is 0 Å². The van der Waals surface area contributed by atoms with Crippen molar-refractivity contribution < 1.29 is 14.6 Å². The van der Waals surface area contributed by atoms with Crippen LogP contribution in [0, 0.1) is 5.92 Å². The lowest BCUT2D eigenvalue weighted by Crippen LogP contribution is -2.45. The largest absolute Gasteiger partial charge is 0.365 e. The first kappa shape index (κ1) is 29.2. The average molecular weight is 550 g/mol. The summed E-state index contributed by atoms with van der Waals surface area (Å²) in [6.45, 7) is 3.28. The van der Waals surface area contributed by atoms with Gasteiger partial charge in [-0.3, -0.25) is 0 Å². The summed E-state index contributed by atoms with van der Waals surface area (Å²) in [7, 11) is 2.21. The molecule has 0 unspecified atom stereocenters. The summed E-state index contributed by atoms with van der Waals surface area (Å²) in [5.74, 6) is -1.07. The van der Waals surface area contributed by atoms with Crippen LogP contribution in [0.1, 0.15) is 54.4 Å². The van der Waals surface area contributed by atoms with Crippen molar-refractivity contribution in [3.8, 4) is 0 Å². The molecule has 4 aromatic carbocycles. The maximum Gasteiger partial charge on any atom is 0.219 e. The number of rotatable bonds is 13. The first-order valence-electron chi connectivity index (χ1n) is 15.0. The van der Waals surface area contributed by atoms with Gasteiger partial charge in [0.2, 0.25) is 5.79 Å². The summed E-state index contributed by atoms with van der Waals surface area (Å²) < 4.78 is 13.3. The molecule has 0 radical (unpaired) electrons. The Kier molecular flexibility index (Phi) is 10.0. The Morgan fingerprint density at radius 3 is 1.41 bits per heavy atom. The van der Waals surface area contributed by atoms with E-state index in [9.17, 15) is 5.11 Å². The molecule has 41 heavy (non-hydrogen) atoms. The Balaban J connectivity index is 1.25. The van der Waals surface area contributed by atoms with Gasteiger partial charge in [-0.2, -0.15) is 0 Å². The fourth-order valence-electron chi connectivity index (χ4n) is 6.20. The molecular formula is C37H43NO3. The van der Waals surface area contributed by atoms with Gasteiger partial charge < -0.3 is 19.5 Å². The van der Waals surface area contributed by atoms with Crippen molar-refractivity contribution >= 4 is 0 Å². The minimum atomic E-state index is -1.47. The molecule has 4 aromatic rings. The van der Waals surface area contributed by atoms with Crippen LogP contribution in [-0.2, 0) is 20.9 Å². The third-order valence-corrected chi connectivity index (χ3v) is 8.46. The lowest BCUT2D eigenvalue weighted by molar-refractivity contribution is -0.181. The molecule has 5 rings (SSSR count). The summed E-state index contributed by atoms with van der Waals surface area (Å²) in [5.41, 5.74) is 3.48. The molecule has 1 heterocycles. The number of piperidine rings is 1. The van der Waals surface area contributed by atoms with Gasteiger partial charge in [0, 0.05) is 17.7 Å². The van der Waals surface area contributed by atoms with E-state index in [1.165, 1.54) is 11.1 Å². The number of unbranched alkanes of at least 4 members (excludes halogenated alkanes) is 2. The SMILES string of the molecule is CN1CCC(C(OCCCCCOC(O)(c2ccccc2)c2ccccc2)(c2ccccc2)c2ccccc2)CC1. The molecule has 0 aromatic heterocycles. The number of hydrogen-bond donors (Lipinski definition) is 1. The van der Waals surface area contributed by atoms with Crippen molar-refractivity contribution in [1.29, 1.82) is 0 Å². The molecule has 1 saturated heterocycles. The smallest absolute Gasteiger partial charge is 0.219 e.